The molecule has 28 heavy (non-hydrogen) atoms. The van der Waals surface area contributed by atoms with E-state index in [9.17, 15) is 4.79 Å². The first-order valence-electron chi connectivity index (χ1n) is 8.66. The molecule has 0 aliphatic carbocycles. The number of hydrogen-bond acceptors (Lipinski definition) is 4. The largest absolute Gasteiger partial charge is 0.302 e. The molecule has 1 N–H and O–H groups in total. The number of hydrogen-bond donors (Lipinski definition) is 1. The van der Waals surface area contributed by atoms with Gasteiger partial charge in [0.2, 0.25) is 0 Å². The SMILES string of the molecule is O=C1N/C(=N/N=C/c2ccc(Cl)cc2)SC1(c1ccccc1)c1ccccc1. The number of amides is 1. The Morgan fingerprint density at radius 1 is 0.857 bits per heavy atom. The maximum Gasteiger partial charge on any atom is 0.251 e. The first-order chi connectivity index (χ1) is 13.7. The number of thioether (sulfide) groups is 1. The lowest BCUT2D eigenvalue weighted by Crippen LogP contribution is -2.35. The lowest BCUT2D eigenvalue weighted by atomic mass is 9.89. The van der Waals surface area contributed by atoms with Gasteiger partial charge >= 0.3 is 0 Å². The highest BCUT2D eigenvalue weighted by Gasteiger charge is 2.49. The molecule has 0 aromatic heterocycles. The number of rotatable bonds is 4. The highest BCUT2D eigenvalue weighted by molar-refractivity contribution is 8.16. The van der Waals surface area contributed by atoms with Gasteiger partial charge in [0, 0.05) is 5.02 Å². The molecule has 0 spiro atoms. The summed E-state index contributed by atoms with van der Waals surface area (Å²) in [4.78, 5) is 13.1. The van der Waals surface area contributed by atoms with Crippen molar-refractivity contribution in [2.24, 2.45) is 10.2 Å². The Morgan fingerprint density at radius 2 is 1.43 bits per heavy atom. The molecule has 6 heteroatoms. The Bertz CT molecular complexity index is 995. The number of halogens is 1. The van der Waals surface area contributed by atoms with E-state index in [-0.39, 0.29) is 5.91 Å². The Morgan fingerprint density at radius 3 is 2.00 bits per heavy atom. The van der Waals surface area contributed by atoms with Crippen LogP contribution in [0.1, 0.15) is 16.7 Å². The van der Waals surface area contributed by atoms with Crippen LogP contribution < -0.4 is 5.32 Å². The molecular formula is C22H16ClN3OS. The normalized spacial score (nSPS) is 17.2. The Balaban J connectivity index is 1.67. The summed E-state index contributed by atoms with van der Waals surface area (Å²) < 4.78 is -0.892. The molecule has 1 heterocycles. The topological polar surface area (TPSA) is 53.8 Å². The van der Waals surface area contributed by atoms with Gasteiger partial charge in [-0.25, -0.2) is 0 Å². The second kappa shape index (κ2) is 8.00. The van der Waals surface area contributed by atoms with Crippen LogP contribution >= 0.6 is 23.4 Å². The molecule has 3 aromatic carbocycles. The highest BCUT2D eigenvalue weighted by Crippen LogP contribution is 2.46. The Kier molecular flexibility index (Phi) is 5.28. The lowest BCUT2D eigenvalue weighted by Gasteiger charge is -2.25. The van der Waals surface area contributed by atoms with Crippen LogP contribution in [-0.4, -0.2) is 17.3 Å². The fourth-order valence-electron chi connectivity index (χ4n) is 3.04. The van der Waals surface area contributed by atoms with Gasteiger partial charge in [-0.05, 0) is 28.8 Å². The van der Waals surface area contributed by atoms with Crippen molar-refractivity contribution in [2.75, 3.05) is 0 Å². The van der Waals surface area contributed by atoms with Gasteiger partial charge in [0.15, 0.2) is 9.91 Å². The van der Waals surface area contributed by atoms with Crippen molar-refractivity contribution < 1.29 is 4.79 Å². The molecule has 4 rings (SSSR count). The third kappa shape index (κ3) is 3.59. The number of amidine groups is 1. The van der Waals surface area contributed by atoms with E-state index in [0.717, 1.165) is 16.7 Å². The van der Waals surface area contributed by atoms with Crippen LogP contribution in [0, 0.1) is 0 Å². The van der Waals surface area contributed by atoms with Crippen molar-refractivity contribution in [3.05, 3.63) is 107 Å². The number of nitrogens with one attached hydrogen (secondary N) is 1. The van der Waals surface area contributed by atoms with E-state index in [0.29, 0.717) is 10.2 Å². The van der Waals surface area contributed by atoms with Crippen molar-refractivity contribution in [1.29, 1.82) is 0 Å². The number of carbonyl (C=O) groups excluding carboxylic acids is 1. The van der Waals surface area contributed by atoms with Crippen molar-refractivity contribution in [1.82, 2.24) is 5.32 Å². The predicted octanol–water partition coefficient (Wildman–Crippen LogP) is 4.84. The first kappa shape index (κ1) is 18.5. The summed E-state index contributed by atoms with van der Waals surface area (Å²) >= 11 is 7.25. The summed E-state index contributed by atoms with van der Waals surface area (Å²) in [6.45, 7) is 0. The Hall–Kier alpha value is -2.89. The predicted molar refractivity (Wildman–Crippen MR) is 116 cm³/mol. The van der Waals surface area contributed by atoms with E-state index in [1.807, 2.05) is 72.8 Å². The fourth-order valence-corrected chi connectivity index (χ4v) is 4.34. The minimum absolute atomic E-state index is 0.129. The average molecular weight is 406 g/mol. The van der Waals surface area contributed by atoms with Crippen molar-refractivity contribution in [3.8, 4) is 0 Å². The third-order valence-corrected chi connectivity index (χ3v) is 5.97. The minimum atomic E-state index is -0.892. The van der Waals surface area contributed by atoms with Gasteiger partial charge in [0.25, 0.3) is 5.91 Å². The summed E-state index contributed by atoms with van der Waals surface area (Å²) in [6.07, 6.45) is 1.63. The van der Waals surface area contributed by atoms with E-state index in [2.05, 4.69) is 15.5 Å². The molecule has 1 amide bonds. The first-order valence-corrected chi connectivity index (χ1v) is 9.86. The van der Waals surface area contributed by atoms with Gasteiger partial charge in [0.05, 0.1) is 6.21 Å². The van der Waals surface area contributed by atoms with Crippen LogP contribution in [0.2, 0.25) is 5.02 Å². The molecule has 4 nitrogen and oxygen atoms in total. The maximum absolute atomic E-state index is 13.1. The number of nitrogens with zero attached hydrogens (tertiary/aromatic N) is 2. The zero-order valence-electron chi connectivity index (χ0n) is 14.7. The van der Waals surface area contributed by atoms with Crippen LogP contribution in [0.5, 0.6) is 0 Å². The van der Waals surface area contributed by atoms with E-state index in [1.54, 1.807) is 18.3 Å². The molecule has 0 unspecified atom stereocenters. The molecule has 1 aliphatic rings. The van der Waals surface area contributed by atoms with Crippen LogP contribution in [0.25, 0.3) is 0 Å². The van der Waals surface area contributed by atoms with Crippen LogP contribution in [0.4, 0.5) is 0 Å². The zero-order valence-corrected chi connectivity index (χ0v) is 16.3. The van der Waals surface area contributed by atoms with Gasteiger partial charge in [-0.1, -0.05) is 96.2 Å². The van der Waals surface area contributed by atoms with Gasteiger partial charge < -0.3 is 5.32 Å². The molecule has 1 fully saturated rings. The van der Waals surface area contributed by atoms with E-state index < -0.39 is 4.75 Å². The molecule has 0 atom stereocenters. The van der Waals surface area contributed by atoms with Crippen LogP contribution in [-0.2, 0) is 9.54 Å². The molecule has 1 saturated heterocycles. The number of benzene rings is 3. The Labute approximate surface area is 172 Å². The van der Waals surface area contributed by atoms with E-state index in [1.165, 1.54) is 11.8 Å². The highest BCUT2D eigenvalue weighted by atomic mass is 35.5. The summed E-state index contributed by atoms with van der Waals surface area (Å²) in [5.41, 5.74) is 2.67. The molecule has 0 radical (unpaired) electrons. The molecular weight excluding hydrogens is 390 g/mol. The summed E-state index contributed by atoms with van der Waals surface area (Å²) in [5.74, 6) is -0.129. The van der Waals surface area contributed by atoms with Crippen LogP contribution in [0.3, 0.4) is 0 Å². The van der Waals surface area contributed by atoms with E-state index in [4.69, 9.17) is 11.6 Å². The van der Waals surface area contributed by atoms with Crippen molar-refractivity contribution >= 4 is 40.7 Å². The molecule has 0 saturated carbocycles. The molecule has 1 aliphatic heterocycles. The molecule has 3 aromatic rings. The standard InChI is InChI=1S/C22H16ClN3OS/c23-19-13-11-16(12-14-19)15-24-26-21-25-20(27)22(28-21,17-7-3-1-4-8-17)18-9-5-2-6-10-18/h1-15H,(H,25,26,27)/b24-15+. The smallest absolute Gasteiger partial charge is 0.251 e. The van der Waals surface area contributed by atoms with Gasteiger partial charge in [-0.15, -0.1) is 5.10 Å². The molecule has 138 valence electrons. The second-order valence-corrected chi connectivity index (χ2v) is 7.81. The summed E-state index contributed by atoms with van der Waals surface area (Å²) in [5, 5.41) is 12.3. The van der Waals surface area contributed by atoms with Crippen molar-refractivity contribution in [2.45, 2.75) is 4.75 Å². The summed E-state index contributed by atoms with van der Waals surface area (Å²) in [6, 6.07) is 26.7. The van der Waals surface area contributed by atoms with Crippen LogP contribution in [0.15, 0.2) is 95.1 Å². The second-order valence-electron chi connectivity index (χ2n) is 6.17. The average Bonchev–Trinajstić information content (AvgIpc) is 3.08. The summed E-state index contributed by atoms with van der Waals surface area (Å²) in [7, 11) is 0. The lowest BCUT2D eigenvalue weighted by molar-refractivity contribution is -0.120. The van der Waals surface area contributed by atoms with Gasteiger partial charge in [0.1, 0.15) is 0 Å². The van der Waals surface area contributed by atoms with Gasteiger partial charge in [-0.2, -0.15) is 5.10 Å². The monoisotopic (exact) mass is 405 g/mol. The quantitative estimate of drug-likeness (QED) is 0.499. The number of carbonyl (C=O) groups is 1. The van der Waals surface area contributed by atoms with Gasteiger partial charge in [-0.3, -0.25) is 4.79 Å². The zero-order chi connectivity index (χ0) is 19.4. The third-order valence-electron chi connectivity index (χ3n) is 4.38. The van der Waals surface area contributed by atoms with Crippen molar-refractivity contribution in [3.63, 3.8) is 0 Å². The molecule has 0 bridgehead atoms. The van der Waals surface area contributed by atoms with E-state index >= 15 is 0 Å². The fraction of sp³-hybridized carbons (Fsp3) is 0.0455. The minimum Gasteiger partial charge on any atom is -0.302 e. The maximum atomic E-state index is 13.1.